The predicted octanol–water partition coefficient (Wildman–Crippen LogP) is 2.08. The molecular formula is C9H12ClNO2. The molecule has 1 aromatic rings. The van der Waals surface area contributed by atoms with E-state index in [4.69, 9.17) is 16.7 Å². The molecule has 4 heteroatoms. The molecule has 0 radical (unpaired) electrons. The second-order valence-electron chi connectivity index (χ2n) is 3.02. The van der Waals surface area contributed by atoms with Crippen LogP contribution in [0.3, 0.4) is 0 Å². The van der Waals surface area contributed by atoms with Gasteiger partial charge in [0, 0.05) is 24.0 Å². The molecule has 0 atom stereocenters. The van der Waals surface area contributed by atoms with Gasteiger partial charge in [0.2, 0.25) is 0 Å². The lowest BCUT2D eigenvalue weighted by molar-refractivity contribution is 0.0695. The van der Waals surface area contributed by atoms with Crippen molar-refractivity contribution < 1.29 is 9.90 Å². The number of carboxylic acids is 1. The van der Waals surface area contributed by atoms with E-state index in [9.17, 15) is 4.79 Å². The molecule has 0 aliphatic rings. The molecule has 1 N–H and O–H groups in total. The van der Waals surface area contributed by atoms with E-state index in [2.05, 4.69) is 0 Å². The van der Waals surface area contributed by atoms with Gasteiger partial charge in [-0.05, 0) is 13.8 Å². The fourth-order valence-corrected chi connectivity index (χ4v) is 1.80. The second kappa shape index (κ2) is 3.42. The molecule has 0 aliphatic carbocycles. The number of aromatic carboxylic acids is 1. The normalized spacial score (nSPS) is 10.5. The van der Waals surface area contributed by atoms with Gasteiger partial charge in [-0.2, -0.15) is 0 Å². The first-order valence-corrected chi connectivity index (χ1v) is 4.48. The highest BCUT2D eigenvalue weighted by Gasteiger charge is 2.19. The van der Waals surface area contributed by atoms with Crippen molar-refractivity contribution in [2.75, 3.05) is 0 Å². The van der Waals surface area contributed by atoms with Crippen molar-refractivity contribution in [1.82, 2.24) is 4.57 Å². The van der Waals surface area contributed by atoms with Crippen molar-refractivity contribution in [3.63, 3.8) is 0 Å². The minimum atomic E-state index is -0.906. The smallest absolute Gasteiger partial charge is 0.337 e. The third-order valence-corrected chi connectivity index (χ3v) is 2.72. The summed E-state index contributed by atoms with van der Waals surface area (Å²) in [5.74, 6) is -0.661. The van der Waals surface area contributed by atoms with Gasteiger partial charge >= 0.3 is 5.97 Å². The minimum absolute atomic E-state index is 0.245. The molecule has 13 heavy (non-hydrogen) atoms. The molecule has 0 aliphatic heterocycles. The maximum absolute atomic E-state index is 10.9. The van der Waals surface area contributed by atoms with Crippen molar-refractivity contribution in [1.29, 1.82) is 0 Å². The molecular weight excluding hydrogens is 190 g/mol. The molecule has 1 rings (SSSR count). The van der Waals surface area contributed by atoms with Crippen molar-refractivity contribution in [2.45, 2.75) is 19.7 Å². The molecule has 0 spiro atoms. The van der Waals surface area contributed by atoms with E-state index in [1.807, 2.05) is 18.5 Å². The first-order valence-electron chi connectivity index (χ1n) is 3.94. The molecule has 1 aromatic heterocycles. The highest BCUT2D eigenvalue weighted by atomic mass is 35.5. The quantitative estimate of drug-likeness (QED) is 0.745. The van der Waals surface area contributed by atoms with Crippen LogP contribution in [0.25, 0.3) is 0 Å². The molecule has 0 saturated carbocycles. The van der Waals surface area contributed by atoms with Gasteiger partial charge in [0.15, 0.2) is 0 Å². The van der Waals surface area contributed by atoms with Gasteiger partial charge in [-0.1, -0.05) is 0 Å². The number of alkyl halides is 1. The highest BCUT2D eigenvalue weighted by molar-refractivity contribution is 6.17. The Balaban J connectivity index is 3.48. The van der Waals surface area contributed by atoms with Gasteiger partial charge in [-0.25, -0.2) is 4.79 Å². The molecule has 3 nitrogen and oxygen atoms in total. The fraction of sp³-hybridized carbons (Fsp3) is 0.444. The van der Waals surface area contributed by atoms with Crippen LogP contribution in [0.5, 0.6) is 0 Å². The Morgan fingerprint density at radius 1 is 1.46 bits per heavy atom. The number of hydrogen-bond donors (Lipinski definition) is 1. The molecule has 0 unspecified atom stereocenters. The molecule has 72 valence electrons. The van der Waals surface area contributed by atoms with Crippen LogP contribution in [-0.4, -0.2) is 15.6 Å². The number of carbonyl (C=O) groups is 1. The van der Waals surface area contributed by atoms with Gasteiger partial charge in [-0.15, -0.1) is 11.6 Å². The van der Waals surface area contributed by atoms with Crippen molar-refractivity contribution >= 4 is 17.6 Å². The minimum Gasteiger partial charge on any atom is -0.478 e. The summed E-state index contributed by atoms with van der Waals surface area (Å²) in [4.78, 5) is 10.9. The summed E-state index contributed by atoms with van der Waals surface area (Å²) >= 11 is 5.69. The van der Waals surface area contributed by atoms with Crippen LogP contribution < -0.4 is 0 Å². The number of nitrogens with zero attached hydrogens (tertiary/aromatic N) is 1. The number of aromatic nitrogens is 1. The van der Waals surface area contributed by atoms with E-state index in [1.165, 1.54) is 0 Å². The Bertz CT molecular complexity index is 355. The van der Waals surface area contributed by atoms with E-state index >= 15 is 0 Å². The maximum atomic E-state index is 10.9. The van der Waals surface area contributed by atoms with E-state index in [1.54, 1.807) is 6.92 Å². The number of rotatable bonds is 2. The highest BCUT2D eigenvalue weighted by Crippen LogP contribution is 2.22. The summed E-state index contributed by atoms with van der Waals surface area (Å²) in [6.07, 6.45) is 0. The van der Waals surface area contributed by atoms with Gasteiger partial charge in [0.25, 0.3) is 0 Å². The van der Waals surface area contributed by atoms with Crippen LogP contribution in [0.1, 0.15) is 27.3 Å². The van der Waals surface area contributed by atoms with Crippen molar-refractivity contribution in [3.8, 4) is 0 Å². The summed E-state index contributed by atoms with van der Waals surface area (Å²) in [6.45, 7) is 3.66. The summed E-state index contributed by atoms with van der Waals surface area (Å²) in [6, 6.07) is 0. The molecule has 0 aromatic carbocycles. The SMILES string of the molecule is Cc1c(CCl)c(C(=O)O)c(C)n1C. The Hall–Kier alpha value is -0.960. The van der Waals surface area contributed by atoms with E-state index in [0.29, 0.717) is 11.1 Å². The Morgan fingerprint density at radius 3 is 2.31 bits per heavy atom. The summed E-state index contributed by atoms with van der Waals surface area (Å²) < 4.78 is 1.85. The standard InChI is InChI=1S/C9H12ClNO2/c1-5-7(4-10)8(9(12)13)6(2)11(5)3/h4H2,1-3H3,(H,12,13). The molecule has 0 saturated heterocycles. The average molecular weight is 202 g/mol. The van der Waals surface area contributed by atoms with Crippen LogP contribution in [-0.2, 0) is 12.9 Å². The largest absolute Gasteiger partial charge is 0.478 e. The number of carboxylic acid groups (broad SMARTS) is 1. The molecule has 0 amide bonds. The van der Waals surface area contributed by atoms with Gasteiger partial charge in [0.05, 0.1) is 11.4 Å². The lowest BCUT2D eigenvalue weighted by atomic mass is 10.1. The lowest BCUT2D eigenvalue weighted by Gasteiger charge is -1.98. The third-order valence-electron chi connectivity index (χ3n) is 2.45. The topological polar surface area (TPSA) is 42.2 Å². The van der Waals surface area contributed by atoms with Gasteiger partial charge < -0.3 is 9.67 Å². The zero-order valence-corrected chi connectivity index (χ0v) is 8.64. The summed E-state index contributed by atoms with van der Waals surface area (Å²) in [5, 5.41) is 8.94. The average Bonchev–Trinajstić information content (AvgIpc) is 2.29. The zero-order valence-electron chi connectivity index (χ0n) is 7.89. The monoisotopic (exact) mass is 201 g/mol. The number of hydrogen-bond acceptors (Lipinski definition) is 1. The lowest BCUT2D eigenvalue weighted by Crippen LogP contribution is -2.01. The summed E-state index contributed by atoms with van der Waals surface area (Å²) in [5.41, 5.74) is 2.73. The van der Waals surface area contributed by atoms with Crippen LogP contribution >= 0.6 is 11.6 Å². The first kappa shape index (κ1) is 10.1. The first-order chi connectivity index (χ1) is 6.00. The predicted molar refractivity (Wildman–Crippen MR) is 51.4 cm³/mol. The van der Waals surface area contributed by atoms with Crippen LogP contribution in [0.15, 0.2) is 0 Å². The maximum Gasteiger partial charge on any atom is 0.337 e. The molecule has 1 heterocycles. The van der Waals surface area contributed by atoms with Gasteiger partial charge in [-0.3, -0.25) is 0 Å². The van der Waals surface area contributed by atoms with Crippen molar-refractivity contribution in [3.05, 3.63) is 22.5 Å². The van der Waals surface area contributed by atoms with Crippen LogP contribution in [0.2, 0.25) is 0 Å². The van der Waals surface area contributed by atoms with Crippen LogP contribution in [0.4, 0.5) is 0 Å². The van der Waals surface area contributed by atoms with Gasteiger partial charge in [0.1, 0.15) is 0 Å². The van der Waals surface area contributed by atoms with E-state index < -0.39 is 5.97 Å². The van der Waals surface area contributed by atoms with Crippen molar-refractivity contribution in [2.24, 2.45) is 7.05 Å². The second-order valence-corrected chi connectivity index (χ2v) is 3.29. The van der Waals surface area contributed by atoms with E-state index in [0.717, 1.165) is 11.4 Å². The molecule has 0 fully saturated rings. The Labute approximate surface area is 81.9 Å². The Morgan fingerprint density at radius 2 is 2.00 bits per heavy atom. The summed E-state index contributed by atoms with van der Waals surface area (Å²) in [7, 11) is 1.84. The molecule has 0 bridgehead atoms. The zero-order chi connectivity index (χ0) is 10.2. The Kier molecular flexibility index (Phi) is 2.66. The fourth-order valence-electron chi connectivity index (χ4n) is 1.47. The third kappa shape index (κ3) is 1.44. The van der Waals surface area contributed by atoms with E-state index in [-0.39, 0.29) is 5.88 Å². The number of halogens is 1. The van der Waals surface area contributed by atoms with Crippen LogP contribution in [0, 0.1) is 13.8 Å².